The summed E-state index contributed by atoms with van der Waals surface area (Å²) in [4.78, 5) is -0.499. The van der Waals surface area contributed by atoms with Gasteiger partial charge in [-0.15, -0.1) is 0 Å². The summed E-state index contributed by atoms with van der Waals surface area (Å²) < 4.78 is 65.8. The van der Waals surface area contributed by atoms with E-state index in [9.17, 15) is 26.7 Å². The Balaban J connectivity index is 2.34. The Bertz CT molecular complexity index is 693. The second kappa shape index (κ2) is 6.23. The number of rotatable bonds is 4. The molecule has 0 radical (unpaired) electrons. The van der Waals surface area contributed by atoms with Gasteiger partial charge in [0.15, 0.2) is 0 Å². The summed E-state index contributed by atoms with van der Waals surface area (Å²) in [6.07, 6.45) is -2.84. The molecule has 0 aromatic heterocycles. The number of benzene rings is 1. The van der Waals surface area contributed by atoms with Crippen LogP contribution in [0.4, 0.5) is 13.2 Å². The Morgan fingerprint density at radius 1 is 1.43 bits per heavy atom. The Kier molecular flexibility index (Phi) is 5.02. The Labute approximate surface area is 137 Å². The zero-order chi connectivity index (χ0) is 17.5. The van der Waals surface area contributed by atoms with E-state index < -0.39 is 43.1 Å². The van der Waals surface area contributed by atoms with Crippen LogP contribution in [0.5, 0.6) is 0 Å². The third-order valence-electron chi connectivity index (χ3n) is 4.29. The average Bonchev–Trinajstić information content (AvgIpc) is 2.79. The van der Waals surface area contributed by atoms with Crippen molar-refractivity contribution in [1.82, 2.24) is 4.72 Å². The van der Waals surface area contributed by atoms with Gasteiger partial charge in [-0.25, -0.2) is 13.1 Å². The minimum atomic E-state index is -4.74. The Morgan fingerprint density at radius 2 is 2.09 bits per heavy atom. The number of nitrogens with one attached hydrogen (secondary N) is 1. The molecule has 0 saturated heterocycles. The predicted molar refractivity (Wildman–Crippen MR) is 79.6 cm³/mol. The second-order valence-corrected chi connectivity index (χ2v) is 8.14. The molecule has 1 saturated carbocycles. The van der Waals surface area contributed by atoms with Crippen LogP contribution in [0.15, 0.2) is 23.1 Å². The third-order valence-corrected chi connectivity index (χ3v) is 6.09. The van der Waals surface area contributed by atoms with E-state index in [1.54, 1.807) is 6.92 Å². The fourth-order valence-corrected chi connectivity index (χ4v) is 4.43. The van der Waals surface area contributed by atoms with Crippen LogP contribution in [0.2, 0.25) is 5.02 Å². The molecule has 0 spiro atoms. The van der Waals surface area contributed by atoms with Gasteiger partial charge in [-0.1, -0.05) is 24.9 Å². The van der Waals surface area contributed by atoms with Gasteiger partial charge in [0, 0.05) is 18.1 Å². The normalized spacial score (nSPS) is 25.7. The Morgan fingerprint density at radius 3 is 2.65 bits per heavy atom. The maximum atomic E-state index is 12.9. The number of aliphatic hydroxyl groups excluding tert-OH is 1. The van der Waals surface area contributed by atoms with E-state index >= 15 is 0 Å². The molecule has 9 heteroatoms. The van der Waals surface area contributed by atoms with E-state index in [1.807, 2.05) is 0 Å². The molecule has 0 bridgehead atoms. The topological polar surface area (TPSA) is 66.4 Å². The van der Waals surface area contributed by atoms with Crippen LogP contribution in [0, 0.1) is 5.41 Å². The van der Waals surface area contributed by atoms with Gasteiger partial charge in [0.05, 0.1) is 15.5 Å². The maximum absolute atomic E-state index is 12.9. The standard InChI is InChI=1S/C14H17ClF3NO3S/c1-13(8-20)6-2-3-12(13)19-23(21,22)9-4-5-11(15)10(7-9)14(16,17)18/h4-5,7,12,19-20H,2-3,6,8H2,1H3/t12-,13-/m0/s1. The summed E-state index contributed by atoms with van der Waals surface area (Å²) in [5.41, 5.74) is -1.81. The molecule has 1 aromatic carbocycles. The quantitative estimate of drug-likeness (QED) is 0.854. The van der Waals surface area contributed by atoms with Gasteiger partial charge in [0.2, 0.25) is 10.0 Å². The van der Waals surface area contributed by atoms with Crippen molar-refractivity contribution in [3.8, 4) is 0 Å². The summed E-state index contributed by atoms with van der Waals surface area (Å²) in [6.45, 7) is 1.55. The minimum absolute atomic E-state index is 0.200. The zero-order valence-corrected chi connectivity index (χ0v) is 13.9. The van der Waals surface area contributed by atoms with Gasteiger partial charge in [-0.05, 0) is 31.0 Å². The molecule has 0 unspecified atom stereocenters. The van der Waals surface area contributed by atoms with Crippen molar-refractivity contribution in [1.29, 1.82) is 0 Å². The predicted octanol–water partition coefficient (Wildman–Crippen LogP) is 3.19. The number of sulfonamides is 1. The number of aliphatic hydroxyl groups is 1. The molecular formula is C14H17ClF3NO3S. The van der Waals surface area contributed by atoms with E-state index in [0.29, 0.717) is 18.9 Å². The fraction of sp³-hybridized carbons (Fsp3) is 0.571. The average molecular weight is 372 g/mol. The summed E-state index contributed by atoms with van der Waals surface area (Å²) >= 11 is 5.50. The van der Waals surface area contributed by atoms with Crippen LogP contribution in [-0.2, 0) is 16.2 Å². The molecule has 0 aliphatic heterocycles. The highest BCUT2D eigenvalue weighted by Crippen LogP contribution is 2.39. The van der Waals surface area contributed by atoms with E-state index in [0.717, 1.165) is 18.6 Å². The highest BCUT2D eigenvalue weighted by molar-refractivity contribution is 7.89. The first-order valence-corrected chi connectivity index (χ1v) is 8.86. The van der Waals surface area contributed by atoms with Gasteiger partial charge in [-0.3, -0.25) is 0 Å². The summed E-state index contributed by atoms with van der Waals surface area (Å²) in [5.74, 6) is 0. The molecule has 2 rings (SSSR count). The lowest BCUT2D eigenvalue weighted by Crippen LogP contribution is -2.44. The summed E-state index contributed by atoms with van der Waals surface area (Å²) in [7, 11) is -4.14. The maximum Gasteiger partial charge on any atom is 0.417 e. The number of hydrogen-bond donors (Lipinski definition) is 2. The summed E-state index contributed by atoms with van der Waals surface area (Å²) in [5, 5.41) is 8.89. The van der Waals surface area contributed by atoms with Gasteiger partial charge < -0.3 is 5.11 Å². The second-order valence-electron chi connectivity index (χ2n) is 6.02. The molecule has 1 aliphatic carbocycles. The van der Waals surface area contributed by atoms with Gasteiger partial charge in [-0.2, -0.15) is 13.2 Å². The van der Waals surface area contributed by atoms with Gasteiger partial charge >= 0.3 is 6.18 Å². The van der Waals surface area contributed by atoms with Crippen molar-refractivity contribution in [2.75, 3.05) is 6.61 Å². The van der Waals surface area contributed by atoms with Crippen molar-refractivity contribution in [3.05, 3.63) is 28.8 Å². The molecule has 1 aromatic rings. The molecule has 130 valence electrons. The highest BCUT2D eigenvalue weighted by atomic mass is 35.5. The lowest BCUT2D eigenvalue weighted by atomic mass is 9.86. The third kappa shape index (κ3) is 3.81. The van der Waals surface area contributed by atoms with E-state index in [-0.39, 0.29) is 6.61 Å². The van der Waals surface area contributed by atoms with Crippen LogP contribution in [0.1, 0.15) is 31.7 Å². The van der Waals surface area contributed by atoms with Crippen LogP contribution >= 0.6 is 11.6 Å². The minimum Gasteiger partial charge on any atom is -0.396 e. The van der Waals surface area contributed by atoms with Crippen LogP contribution < -0.4 is 4.72 Å². The largest absolute Gasteiger partial charge is 0.417 e. The fourth-order valence-electron chi connectivity index (χ4n) is 2.77. The van der Waals surface area contributed by atoms with Crippen molar-refractivity contribution < 1.29 is 26.7 Å². The van der Waals surface area contributed by atoms with Crippen molar-refractivity contribution in [3.63, 3.8) is 0 Å². The molecule has 1 fully saturated rings. The Hall–Kier alpha value is -0.830. The first-order chi connectivity index (χ1) is 10.5. The zero-order valence-electron chi connectivity index (χ0n) is 12.3. The lowest BCUT2D eigenvalue weighted by molar-refractivity contribution is -0.137. The van der Waals surface area contributed by atoms with Crippen LogP contribution in [0.3, 0.4) is 0 Å². The molecule has 0 heterocycles. The van der Waals surface area contributed by atoms with E-state index in [4.69, 9.17) is 11.6 Å². The number of halogens is 4. The molecule has 2 atom stereocenters. The summed E-state index contributed by atoms with van der Waals surface area (Å²) in [6, 6.07) is 1.95. The first-order valence-electron chi connectivity index (χ1n) is 6.99. The van der Waals surface area contributed by atoms with E-state index in [1.165, 1.54) is 0 Å². The van der Waals surface area contributed by atoms with Crippen molar-refractivity contribution >= 4 is 21.6 Å². The lowest BCUT2D eigenvalue weighted by Gasteiger charge is -2.29. The molecule has 1 aliphatic rings. The monoisotopic (exact) mass is 371 g/mol. The van der Waals surface area contributed by atoms with Crippen LogP contribution in [-0.4, -0.2) is 26.2 Å². The van der Waals surface area contributed by atoms with Crippen molar-refractivity contribution in [2.45, 2.75) is 43.3 Å². The smallest absolute Gasteiger partial charge is 0.396 e. The molecule has 23 heavy (non-hydrogen) atoms. The van der Waals surface area contributed by atoms with Crippen LogP contribution in [0.25, 0.3) is 0 Å². The molecular weight excluding hydrogens is 355 g/mol. The van der Waals surface area contributed by atoms with Gasteiger partial charge in [0.25, 0.3) is 0 Å². The van der Waals surface area contributed by atoms with E-state index in [2.05, 4.69) is 4.72 Å². The molecule has 0 amide bonds. The van der Waals surface area contributed by atoms with Gasteiger partial charge in [0.1, 0.15) is 0 Å². The first kappa shape index (κ1) is 18.5. The molecule has 2 N–H and O–H groups in total. The number of alkyl halides is 3. The highest BCUT2D eigenvalue weighted by Gasteiger charge is 2.41. The molecule has 4 nitrogen and oxygen atoms in total. The van der Waals surface area contributed by atoms with Crippen molar-refractivity contribution in [2.24, 2.45) is 5.41 Å². The number of hydrogen-bond acceptors (Lipinski definition) is 3. The SMILES string of the molecule is C[C@@]1(CO)CCC[C@@H]1NS(=O)(=O)c1ccc(Cl)c(C(F)(F)F)c1.